The average Bonchev–Trinajstić information content (AvgIpc) is 2.11. The van der Waals surface area contributed by atoms with E-state index in [1.807, 2.05) is 13.8 Å². The standard InChI is InChI=1S/C9H19NO3/c1-6(2)8(12-3)5-7(10)9(11)13-4/h6-8H,5,10H2,1-4H3. The molecular weight excluding hydrogens is 170 g/mol. The molecule has 78 valence electrons. The molecule has 0 radical (unpaired) electrons. The van der Waals surface area contributed by atoms with E-state index in [0.717, 1.165) is 0 Å². The fraction of sp³-hybridized carbons (Fsp3) is 0.889. The first-order valence-electron chi connectivity index (χ1n) is 4.39. The maximum absolute atomic E-state index is 11.0. The van der Waals surface area contributed by atoms with E-state index in [4.69, 9.17) is 10.5 Å². The summed E-state index contributed by atoms with van der Waals surface area (Å²) in [4.78, 5) is 11.0. The molecule has 0 aromatic carbocycles. The molecule has 4 heteroatoms. The summed E-state index contributed by atoms with van der Waals surface area (Å²) in [5, 5.41) is 0. The maximum Gasteiger partial charge on any atom is 0.322 e. The third-order valence-electron chi connectivity index (χ3n) is 2.04. The molecule has 0 aromatic rings. The molecule has 0 saturated carbocycles. The van der Waals surface area contributed by atoms with Gasteiger partial charge in [0.15, 0.2) is 0 Å². The fourth-order valence-corrected chi connectivity index (χ4v) is 1.14. The van der Waals surface area contributed by atoms with Gasteiger partial charge < -0.3 is 15.2 Å². The van der Waals surface area contributed by atoms with Crippen LogP contribution in [0.1, 0.15) is 20.3 Å². The molecular formula is C9H19NO3. The lowest BCUT2D eigenvalue weighted by atomic mass is 10.00. The number of rotatable bonds is 5. The summed E-state index contributed by atoms with van der Waals surface area (Å²) in [6.45, 7) is 4.05. The number of carbonyl (C=O) groups excluding carboxylic acids is 1. The summed E-state index contributed by atoms with van der Waals surface area (Å²) in [6.07, 6.45) is 0.509. The summed E-state index contributed by atoms with van der Waals surface area (Å²) < 4.78 is 9.71. The molecule has 0 aliphatic rings. The number of methoxy groups -OCH3 is 2. The Labute approximate surface area is 79.4 Å². The van der Waals surface area contributed by atoms with E-state index in [2.05, 4.69) is 4.74 Å². The smallest absolute Gasteiger partial charge is 0.322 e. The van der Waals surface area contributed by atoms with Gasteiger partial charge in [0.1, 0.15) is 6.04 Å². The van der Waals surface area contributed by atoms with Crippen molar-refractivity contribution in [1.29, 1.82) is 0 Å². The molecule has 4 nitrogen and oxygen atoms in total. The minimum absolute atomic E-state index is 0.00843. The van der Waals surface area contributed by atoms with Crippen molar-refractivity contribution in [1.82, 2.24) is 0 Å². The highest BCUT2D eigenvalue weighted by atomic mass is 16.5. The molecule has 0 aliphatic carbocycles. The molecule has 0 aliphatic heterocycles. The molecule has 0 amide bonds. The van der Waals surface area contributed by atoms with Crippen LogP contribution in [0.25, 0.3) is 0 Å². The molecule has 0 aromatic heterocycles. The van der Waals surface area contributed by atoms with E-state index >= 15 is 0 Å². The molecule has 0 spiro atoms. The molecule has 13 heavy (non-hydrogen) atoms. The first-order valence-corrected chi connectivity index (χ1v) is 4.39. The monoisotopic (exact) mass is 189 g/mol. The van der Waals surface area contributed by atoms with E-state index < -0.39 is 6.04 Å². The normalized spacial score (nSPS) is 15.5. The van der Waals surface area contributed by atoms with Crippen LogP contribution in [0.15, 0.2) is 0 Å². The molecule has 0 heterocycles. The van der Waals surface area contributed by atoms with Crippen LogP contribution in [0, 0.1) is 5.92 Å². The molecule has 2 atom stereocenters. The van der Waals surface area contributed by atoms with Gasteiger partial charge >= 0.3 is 5.97 Å². The SMILES string of the molecule is COC(=O)C(N)CC(OC)C(C)C. The number of hydrogen-bond donors (Lipinski definition) is 1. The fourth-order valence-electron chi connectivity index (χ4n) is 1.14. The predicted molar refractivity (Wildman–Crippen MR) is 50.2 cm³/mol. The Morgan fingerprint density at radius 1 is 1.38 bits per heavy atom. The Bertz CT molecular complexity index is 159. The van der Waals surface area contributed by atoms with Crippen LogP contribution in [0.4, 0.5) is 0 Å². The topological polar surface area (TPSA) is 61.5 Å². The Hall–Kier alpha value is -0.610. The van der Waals surface area contributed by atoms with Crippen molar-refractivity contribution in [3.63, 3.8) is 0 Å². The van der Waals surface area contributed by atoms with Crippen molar-refractivity contribution < 1.29 is 14.3 Å². The first kappa shape index (κ1) is 12.4. The van der Waals surface area contributed by atoms with Crippen LogP contribution >= 0.6 is 0 Å². The summed E-state index contributed by atoms with van der Waals surface area (Å²) in [7, 11) is 2.95. The van der Waals surface area contributed by atoms with E-state index in [-0.39, 0.29) is 12.1 Å². The van der Waals surface area contributed by atoms with Crippen LogP contribution < -0.4 is 5.73 Å². The summed E-state index contributed by atoms with van der Waals surface area (Å²) in [5.74, 6) is -0.0385. The second kappa shape index (κ2) is 5.94. The lowest BCUT2D eigenvalue weighted by Gasteiger charge is -2.21. The maximum atomic E-state index is 11.0. The van der Waals surface area contributed by atoms with E-state index in [0.29, 0.717) is 12.3 Å². The average molecular weight is 189 g/mol. The first-order chi connectivity index (χ1) is 6.02. The third kappa shape index (κ3) is 4.24. The van der Waals surface area contributed by atoms with Gasteiger partial charge in [0, 0.05) is 7.11 Å². The van der Waals surface area contributed by atoms with Gasteiger partial charge in [0.05, 0.1) is 13.2 Å². The van der Waals surface area contributed by atoms with Gasteiger partial charge in [-0.3, -0.25) is 4.79 Å². The summed E-state index contributed by atoms with van der Waals surface area (Å²) in [6, 6.07) is -0.586. The lowest BCUT2D eigenvalue weighted by molar-refractivity contribution is -0.143. The van der Waals surface area contributed by atoms with Crippen LogP contribution in [0.5, 0.6) is 0 Å². The molecule has 0 bridgehead atoms. The molecule has 0 rings (SSSR count). The Balaban J connectivity index is 4.00. The highest BCUT2D eigenvalue weighted by Gasteiger charge is 2.21. The minimum atomic E-state index is -0.586. The zero-order valence-corrected chi connectivity index (χ0v) is 8.74. The number of hydrogen-bond acceptors (Lipinski definition) is 4. The number of ether oxygens (including phenoxy) is 2. The van der Waals surface area contributed by atoms with Gasteiger partial charge in [-0.15, -0.1) is 0 Å². The second-order valence-corrected chi connectivity index (χ2v) is 3.38. The Morgan fingerprint density at radius 3 is 2.23 bits per heavy atom. The van der Waals surface area contributed by atoms with Gasteiger partial charge in [0.25, 0.3) is 0 Å². The zero-order chi connectivity index (χ0) is 10.4. The second-order valence-electron chi connectivity index (χ2n) is 3.38. The van der Waals surface area contributed by atoms with Crippen LogP contribution in [-0.4, -0.2) is 32.3 Å². The summed E-state index contributed by atoms with van der Waals surface area (Å²) in [5.41, 5.74) is 5.59. The van der Waals surface area contributed by atoms with Gasteiger partial charge in [-0.25, -0.2) is 0 Å². The zero-order valence-electron chi connectivity index (χ0n) is 8.74. The Morgan fingerprint density at radius 2 is 1.92 bits per heavy atom. The third-order valence-corrected chi connectivity index (χ3v) is 2.04. The molecule has 0 fully saturated rings. The van der Waals surface area contributed by atoms with Gasteiger partial charge in [-0.2, -0.15) is 0 Å². The quantitative estimate of drug-likeness (QED) is 0.641. The number of carbonyl (C=O) groups is 1. The van der Waals surface area contributed by atoms with Crippen molar-refractivity contribution in [3.05, 3.63) is 0 Å². The van der Waals surface area contributed by atoms with Crippen LogP contribution in [-0.2, 0) is 14.3 Å². The Kier molecular flexibility index (Phi) is 5.66. The van der Waals surface area contributed by atoms with Crippen molar-refractivity contribution in [2.45, 2.75) is 32.4 Å². The van der Waals surface area contributed by atoms with Crippen molar-refractivity contribution >= 4 is 5.97 Å². The van der Waals surface area contributed by atoms with Crippen LogP contribution in [0.2, 0.25) is 0 Å². The molecule has 2 unspecified atom stereocenters. The molecule has 0 saturated heterocycles. The largest absolute Gasteiger partial charge is 0.468 e. The number of esters is 1. The van der Waals surface area contributed by atoms with E-state index in [9.17, 15) is 4.79 Å². The van der Waals surface area contributed by atoms with E-state index in [1.54, 1.807) is 7.11 Å². The highest BCUT2D eigenvalue weighted by molar-refractivity contribution is 5.75. The van der Waals surface area contributed by atoms with Crippen molar-refractivity contribution in [2.24, 2.45) is 11.7 Å². The van der Waals surface area contributed by atoms with Crippen molar-refractivity contribution in [2.75, 3.05) is 14.2 Å². The van der Waals surface area contributed by atoms with Gasteiger partial charge in [0.2, 0.25) is 0 Å². The van der Waals surface area contributed by atoms with E-state index in [1.165, 1.54) is 7.11 Å². The molecule has 2 N–H and O–H groups in total. The predicted octanol–water partition coefficient (Wildman–Crippen LogP) is 0.548. The highest BCUT2D eigenvalue weighted by Crippen LogP contribution is 2.11. The van der Waals surface area contributed by atoms with Crippen molar-refractivity contribution in [3.8, 4) is 0 Å². The minimum Gasteiger partial charge on any atom is -0.468 e. The van der Waals surface area contributed by atoms with Gasteiger partial charge in [-0.05, 0) is 12.3 Å². The van der Waals surface area contributed by atoms with Gasteiger partial charge in [-0.1, -0.05) is 13.8 Å². The summed E-state index contributed by atoms with van der Waals surface area (Å²) >= 11 is 0. The lowest BCUT2D eigenvalue weighted by Crippen LogP contribution is -2.37. The number of nitrogens with two attached hydrogens (primary N) is 1. The van der Waals surface area contributed by atoms with Crippen LogP contribution in [0.3, 0.4) is 0 Å².